The van der Waals surface area contributed by atoms with Gasteiger partial charge in [0.1, 0.15) is 5.78 Å². The van der Waals surface area contributed by atoms with Crippen molar-refractivity contribution in [1.29, 1.82) is 0 Å². The maximum Gasteiger partial charge on any atom is 0.146 e. The minimum atomic E-state index is -0.109. The van der Waals surface area contributed by atoms with Gasteiger partial charge in [0, 0.05) is 5.92 Å². The highest BCUT2D eigenvalue weighted by molar-refractivity contribution is 5.93. The van der Waals surface area contributed by atoms with Crippen LogP contribution < -0.4 is 0 Å². The van der Waals surface area contributed by atoms with E-state index >= 15 is 0 Å². The van der Waals surface area contributed by atoms with Gasteiger partial charge < -0.3 is 0 Å². The summed E-state index contributed by atoms with van der Waals surface area (Å²) in [5.74, 6) is 0.843. The smallest absolute Gasteiger partial charge is 0.146 e. The molecule has 0 aromatic heterocycles. The molecule has 0 saturated heterocycles. The summed E-state index contributed by atoms with van der Waals surface area (Å²) in [6.07, 6.45) is 7.02. The molecule has 1 nitrogen and oxygen atoms in total. The lowest BCUT2D eigenvalue weighted by molar-refractivity contribution is -0.128. The number of carbonyl (C=O) groups excluding carboxylic acids is 1. The second kappa shape index (κ2) is 2.97. The van der Waals surface area contributed by atoms with Gasteiger partial charge in [-0.2, -0.15) is 0 Å². The Labute approximate surface area is 80.2 Å². The van der Waals surface area contributed by atoms with E-state index in [1.165, 1.54) is 19.3 Å². The van der Waals surface area contributed by atoms with Crippen LogP contribution >= 0.6 is 0 Å². The third kappa shape index (κ3) is 1.45. The van der Waals surface area contributed by atoms with E-state index in [0.29, 0.717) is 11.7 Å². The first kappa shape index (κ1) is 8.98. The van der Waals surface area contributed by atoms with E-state index in [9.17, 15) is 4.79 Å². The van der Waals surface area contributed by atoms with Crippen LogP contribution in [-0.4, -0.2) is 5.78 Å². The van der Waals surface area contributed by atoms with Crippen LogP contribution in [0.15, 0.2) is 12.2 Å². The van der Waals surface area contributed by atoms with Crippen molar-refractivity contribution in [2.75, 3.05) is 0 Å². The molecule has 0 aromatic carbocycles. The molecule has 2 aliphatic carbocycles. The second-order valence-electron chi connectivity index (χ2n) is 4.81. The zero-order valence-corrected chi connectivity index (χ0v) is 8.44. The van der Waals surface area contributed by atoms with Gasteiger partial charge in [0.05, 0.1) is 5.41 Å². The standard InChI is InChI=1S/C12H18O/c1-9-8-12(9,2)11(13)10-6-4-3-5-7-10/h10H,1,3-8H2,2H3. The number of hydrogen-bond donors (Lipinski definition) is 0. The molecular formula is C12H18O. The molecule has 0 aliphatic heterocycles. The number of allylic oxidation sites excluding steroid dienone is 1. The van der Waals surface area contributed by atoms with Crippen LogP contribution in [0.1, 0.15) is 45.4 Å². The molecule has 0 bridgehead atoms. The molecule has 13 heavy (non-hydrogen) atoms. The molecule has 0 heterocycles. The Morgan fingerprint density at radius 1 is 1.38 bits per heavy atom. The molecule has 2 aliphatic rings. The number of Topliss-reactive ketones (excluding diaryl/α,β-unsaturated/α-hetero) is 1. The Bertz CT molecular complexity index is 248. The van der Waals surface area contributed by atoms with Gasteiger partial charge in [-0.25, -0.2) is 0 Å². The Kier molecular flexibility index (Phi) is 2.05. The first-order valence-electron chi connectivity index (χ1n) is 5.37. The van der Waals surface area contributed by atoms with Gasteiger partial charge in [0.2, 0.25) is 0 Å². The maximum absolute atomic E-state index is 12.0. The van der Waals surface area contributed by atoms with Gasteiger partial charge in [0.15, 0.2) is 0 Å². The molecular weight excluding hydrogens is 160 g/mol. The van der Waals surface area contributed by atoms with Gasteiger partial charge in [-0.3, -0.25) is 4.79 Å². The first-order chi connectivity index (χ1) is 6.14. The van der Waals surface area contributed by atoms with Crippen LogP contribution in [0, 0.1) is 11.3 Å². The van der Waals surface area contributed by atoms with Gasteiger partial charge in [0.25, 0.3) is 0 Å². The zero-order valence-electron chi connectivity index (χ0n) is 8.44. The molecule has 2 rings (SSSR count). The van der Waals surface area contributed by atoms with Crippen molar-refractivity contribution >= 4 is 5.78 Å². The summed E-state index contributed by atoms with van der Waals surface area (Å²) in [6, 6.07) is 0. The molecule has 1 atom stereocenters. The summed E-state index contributed by atoms with van der Waals surface area (Å²) in [7, 11) is 0. The van der Waals surface area contributed by atoms with Gasteiger partial charge in [-0.1, -0.05) is 31.4 Å². The summed E-state index contributed by atoms with van der Waals surface area (Å²) < 4.78 is 0. The Morgan fingerprint density at radius 2 is 1.92 bits per heavy atom. The van der Waals surface area contributed by atoms with Crippen LogP contribution in [0.25, 0.3) is 0 Å². The predicted molar refractivity (Wildman–Crippen MR) is 53.4 cm³/mol. The summed E-state index contributed by atoms with van der Waals surface area (Å²) in [5, 5.41) is 0. The maximum atomic E-state index is 12.0. The minimum Gasteiger partial charge on any atom is -0.298 e. The van der Waals surface area contributed by atoms with Crippen molar-refractivity contribution in [3.8, 4) is 0 Å². The van der Waals surface area contributed by atoms with E-state index in [4.69, 9.17) is 0 Å². The summed E-state index contributed by atoms with van der Waals surface area (Å²) in [4.78, 5) is 12.0. The molecule has 0 aromatic rings. The molecule has 0 radical (unpaired) electrons. The zero-order chi connectivity index (χ0) is 9.47. The van der Waals surface area contributed by atoms with Gasteiger partial charge >= 0.3 is 0 Å². The van der Waals surface area contributed by atoms with E-state index in [-0.39, 0.29) is 5.41 Å². The monoisotopic (exact) mass is 178 g/mol. The van der Waals surface area contributed by atoms with Crippen LogP contribution in [0.4, 0.5) is 0 Å². The molecule has 2 fully saturated rings. The fraction of sp³-hybridized carbons (Fsp3) is 0.750. The number of hydrogen-bond acceptors (Lipinski definition) is 1. The van der Waals surface area contributed by atoms with Crippen LogP contribution in [-0.2, 0) is 4.79 Å². The Balaban J connectivity index is 2.00. The molecule has 72 valence electrons. The van der Waals surface area contributed by atoms with E-state index in [1.807, 2.05) is 0 Å². The predicted octanol–water partition coefficient (Wildman–Crippen LogP) is 3.10. The normalized spacial score (nSPS) is 34.7. The highest BCUT2D eigenvalue weighted by atomic mass is 16.1. The van der Waals surface area contributed by atoms with Crippen LogP contribution in [0.5, 0.6) is 0 Å². The number of carbonyl (C=O) groups is 1. The highest BCUT2D eigenvalue weighted by Crippen LogP contribution is 2.53. The lowest BCUT2D eigenvalue weighted by Crippen LogP contribution is -2.24. The van der Waals surface area contributed by atoms with Crippen LogP contribution in [0.3, 0.4) is 0 Å². The SMILES string of the molecule is C=C1CC1(C)C(=O)C1CCCCC1. The molecule has 0 amide bonds. The van der Waals surface area contributed by atoms with Crippen molar-refractivity contribution in [3.05, 3.63) is 12.2 Å². The minimum absolute atomic E-state index is 0.109. The third-order valence-corrected chi connectivity index (χ3v) is 3.74. The van der Waals surface area contributed by atoms with Gasteiger partial charge in [-0.15, -0.1) is 0 Å². The Morgan fingerprint density at radius 3 is 2.38 bits per heavy atom. The first-order valence-corrected chi connectivity index (χ1v) is 5.37. The van der Waals surface area contributed by atoms with Crippen molar-refractivity contribution < 1.29 is 4.79 Å². The van der Waals surface area contributed by atoms with E-state index < -0.39 is 0 Å². The summed E-state index contributed by atoms with van der Waals surface area (Å²) >= 11 is 0. The Hall–Kier alpha value is -0.590. The molecule has 0 N–H and O–H groups in total. The number of rotatable bonds is 2. The third-order valence-electron chi connectivity index (χ3n) is 3.74. The van der Waals surface area contributed by atoms with Crippen molar-refractivity contribution in [3.63, 3.8) is 0 Å². The fourth-order valence-electron chi connectivity index (χ4n) is 2.46. The fourth-order valence-corrected chi connectivity index (χ4v) is 2.46. The molecule has 0 spiro atoms. The molecule has 2 saturated carbocycles. The second-order valence-corrected chi connectivity index (χ2v) is 4.81. The lowest BCUT2D eigenvalue weighted by Gasteiger charge is -2.22. The average Bonchev–Trinajstić information content (AvgIpc) is 2.76. The van der Waals surface area contributed by atoms with E-state index in [0.717, 1.165) is 24.8 Å². The van der Waals surface area contributed by atoms with Crippen molar-refractivity contribution in [1.82, 2.24) is 0 Å². The van der Waals surface area contributed by atoms with E-state index in [1.54, 1.807) is 0 Å². The summed E-state index contributed by atoms with van der Waals surface area (Å²) in [5.41, 5.74) is 1.05. The van der Waals surface area contributed by atoms with Gasteiger partial charge in [-0.05, 0) is 26.2 Å². The molecule has 1 heteroatoms. The quantitative estimate of drug-likeness (QED) is 0.594. The van der Waals surface area contributed by atoms with Crippen LogP contribution in [0.2, 0.25) is 0 Å². The average molecular weight is 178 g/mol. The highest BCUT2D eigenvalue weighted by Gasteiger charge is 2.51. The summed E-state index contributed by atoms with van der Waals surface area (Å²) in [6.45, 7) is 5.98. The largest absolute Gasteiger partial charge is 0.298 e. The number of ketones is 1. The van der Waals surface area contributed by atoms with Crippen molar-refractivity contribution in [2.45, 2.75) is 45.4 Å². The van der Waals surface area contributed by atoms with E-state index in [2.05, 4.69) is 13.5 Å². The van der Waals surface area contributed by atoms with Crippen molar-refractivity contribution in [2.24, 2.45) is 11.3 Å². The molecule has 1 unspecified atom stereocenters. The lowest BCUT2D eigenvalue weighted by atomic mass is 9.80. The topological polar surface area (TPSA) is 17.1 Å².